The molecule has 1 heterocycles. The van der Waals surface area contributed by atoms with E-state index in [0.717, 1.165) is 37.5 Å². The summed E-state index contributed by atoms with van der Waals surface area (Å²) in [6.07, 6.45) is 6.14. The Kier molecular flexibility index (Phi) is 7.32. The molecular weight excluding hydrogens is 356 g/mol. The van der Waals surface area contributed by atoms with Crippen LogP contribution >= 0.6 is 0 Å². The highest BCUT2D eigenvalue weighted by Gasteiger charge is 2.40. The molecule has 0 radical (unpaired) electrons. The number of anilines is 2. The highest BCUT2D eigenvalue weighted by Crippen LogP contribution is 2.39. The van der Waals surface area contributed by atoms with E-state index in [2.05, 4.69) is 78.2 Å². The normalized spacial score (nSPS) is 18.4. The van der Waals surface area contributed by atoms with Gasteiger partial charge < -0.3 is 15.5 Å². The van der Waals surface area contributed by atoms with Gasteiger partial charge in [0, 0.05) is 6.54 Å². The number of hydrogen-bond donors (Lipinski definition) is 2. The van der Waals surface area contributed by atoms with Gasteiger partial charge in [0.05, 0.1) is 23.5 Å². The molecule has 0 aromatic heterocycles. The molecule has 1 saturated carbocycles. The summed E-state index contributed by atoms with van der Waals surface area (Å²) in [6, 6.07) is 17.3. The summed E-state index contributed by atoms with van der Waals surface area (Å²) in [5.74, 6) is 1.11. The van der Waals surface area contributed by atoms with Crippen LogP contribution in [-0.4, -0.2) is 30.4 Å². The van der Waals surface area contributed by atoms with Gasteiger partial charge >= 0.3 is 0 Å². The maximum Gasteiger partial charge on any atom is 0.127 e. The van der Waals surface area contributed by atoms with Gasteiger partial charge in [0.1, 0.15) is 5.84 Å². The summed E-state index contributed by atoms with van der Waals surface area (Å²) in [7, 11) is 4.20. The van der Waals surface area contributed by atoms with E-state index in [1.165, 1.54) is 36.1 Å². The van der Waals surface area contributed by atoms with E-state index in [-0.39, 0.29) is 5.54 Å². The molecule has 1 aliphatic heterocycles. The first-order chi connectivity index (χ1) is 14.1. The minimum atomic E-state index is -0.0303. The van der Waals surface area contributed by atoms with E-state index in [1.54, 1.807) is 0 Å². The van der Waals surface area contributed by atoms with Crippen molar-refractivity contribution in [3.8, 4) is 0 Å². The first-order valence-electron chi connectivity index (χ1n) is 11.1. The van der Waals surface area contributed by atoms with Crippen molar-refractivity contribution in [1.29, 1.82) is 0 Å². The molecule has 2 aromatic rings. The summed E-state index contributed by atoms with van der Waals surface area (Å²) >= 11 is 0. The van der Waals surface area contributed by atoms with Gasteiger partial charge in [-0.25, -0.2) is 0 Å². The molecule has 1 aliphatic carbocycles. The van der Waals surface area contributed by atoms with Crippen LogP contribution in [-0.2, 0) is 13.1 Å². The van der Waals surface area contributed by atoms with Crippen LogP contribution in [0.4, 0.5) is 11.4 Å². The molecule has 4 rings (SSSR count). The molecule has 2 N–H and O–H groups in total. The van der Waals surface area contributed by atoms with E-state index in [0.29, 0.717) is 0 Å². The second-order valence-electron chi connectivity index (χ2n) is 8.16. The fraction of sp³-hybridized carbons (Fsp3) is 0.480. The molecule has 29 heavy (non-hydrogen) atoms. The number of benzene rings is 2. The third-order valence-electron chi connectivity index (χ3n) is 5.66. The zero-order valence-electron chi connectivity index (χ0n) is 18.5. The van der Waals surface area contributed by atoms with Crippen molar-refractivity contribution in [1.82, 2.24) is 4.90 Å². The maximum absolute atomic E-state index is 5.05. The Morgan fingerprint density at radius 1 is 0.862 bits per heavy atom. The topological polar surface area (TPSA) is 39.7 Å². The predicted molar refractivity (Wildman–Crippen MR) is 126 cm³/mol. The van der Waals surface area contributed by atoms with Gasteiger partial charge in [-0.2, -0.15) is 0 Å². The molecule has 2 aliphatic rings. The monoisotopic (exact) mass is 392 g/mol. The van der Waals surface area contributed by atoms with E-state index in [9.17, 15) is 0 Å². The number of hydrogen-bond acceptors (Lipinski definition) is 3. The molecule has 0 unspecified atom stereocenters. The van der Waals surface area contributed by atoms with Crippen LogP contribution in [0.3, 0.4) is 0 Å². The van der Waals surface area contributed by atoms with Crippen molar-refractivity contribution in [2.24, 2.45) is 4.99 Å². The fourth-order valence-electron chi connectivity index (χ4n) is 4.26. The van der Waals surface area contributed by atoms with Gasteiger partial charge in [0.25, 0.3) is 0 Å². The molecule has 4 nitrogen and oxygen atoms in total. The Balaban J connectivity index is 0.00000117. The Morgan fingerprint density at radius 3 is 2.14 bits per heavy atom. The highest BCUT2D eigenvalue weighted by atomic mass is 15.2. The minimum Gasteiger partial charge on any atom is -0.371 e. The molecular formula is C25H36N4. The summed E-state index contributed by atoms with van der Waals surface area (Å²) in [5.41, 5.74) is 4.90. The number of nitrogens with one attached hydrogen (secondary N) is 2. The van der Waals surface area contributed by atoms with Crippen LogP contribution in [0.1, 0.15) is 57.1 Å². The summed E-state index contributed by atoms with van der Waals surface area (Å²) in [4.78, 5) is 7.24. The van der Waals surface area contributed by atoms with Crippen molar-refractivity contribution in [2.75, 3.05) is 24.7 Å². The highest BCUT2D eigenvalue weighted by molar-refractivity contribution is 6.09. The van der Waals surface area contributed by atoms with Crippen LogP contribution in [0.25, 0.3) is 0 Å². The third-order valence-corrected chi connectivity index (χ3v) is 5.66. The smallest absolute Gasteiger partial charge is 0.127 e. The number of amidine groups is 1. The number of fused-ring (bicyclic) bond motifs is 1. The van der Waals surface area contributed by atoms with Gasteiger partial charge in [-0.15, -0.1) is 0 Å². The van der Waals surface area contributed by atoms with Crippen LogP contribution in [0.2, 0.25) is 0 Å². The van der Waals surface area contributed by atoms with Gasteiger partial charge in [-0.3, -0.25) is 4.99 Å². The molecule has 0 saturated heterocycles. The van der Waals surface area contributed by atoms with E-state index in [4.69, 9.17) is 4.99 Å². The molecule has 0 bridgehead atoms. The third kappa shape index (κ3) is 5.18. The van der Waals surface area contributed by atoms with Crippen LogP contribution < -0.4 is 10.6 Å². The lowest BCUT2D eigenvalue weighted by Crippen LogP contribution is -2.53. The zero-order chi connectivity index (χ0) is 20.7. The quantitative estimate of drug-likeness (QED) is 0.679. The van der Waals surface area contributed by atoms with Gasteiger partial charge in [-0.05, 0) is 50.2 Å². The average Bonchev–Trinajstić information content (AvgIpc) is 2.75. The lowest BCUT2D eigenvalue weighted by molar-refractivity contribution is 0.402. The maximum atomic E-state index is 5.05. The SMILES string of the molecule is CC.CN(C)Cc1ccc(CN=C2Nc3ccccc3NC23CCCCC3)cc1. The molecule has 156 valence electrons. The molecule has 0 amide bonds. The van der Waals surface area contributed by atoms with Crippen molar-refractivity contribution < 1.29 is 0 Å². The molecule has 2 aromatic carbocycles. The lowest BCUT2D eigenvalue weighted by Gasteiger charge is -2.44. The standard InChI is InChI=1S/C23H30N4.C2H6/c1-27(2)17-19-12-10-18(11-13-19)16-24-22-23(14-6-3-7-15-23)26-21-9-5-4-8-20(21)25-22;1-2/h4-5,8-13,26H,3,6-7,14-17H2,1-2H3,(H,24,25);1-2H3. The van der Waals surface area contributed by atoms with E-state index >= 15 is 0 Å². The molecule has 1 spiro atoms. The van der Waals surface area contributed by atoms with Crippen molar-refractivity contribution in [2.45, 2.75) is 64.6 Å². The minimum absolute atomic E-state index is 0.0303. The van der Waals surface area contributed by atoms with Crippen LogP contribution in [0.5, 0.6) is 0 Å². The summed E-state index contributed by atoms with van der Waals surface area (Å²) in [5, 5.41) is 7.48. The van der Waals surface area contributed by atoms with Crippen LogP contribution in [0, 0.1) is 0 Å². The Labute approximate surface area is 176 Å². The predicted octanol–water partition coefficient (Wildman–Crippen LogP) is 5.91. The number of para-hydroxylation sites is 2. The van der Waals surface area contributed by atoms with Crippen molar-refractivity contribution >= 4 is 17.2 Å². The van der Waals surface area contributed by atoms with Gasteiger partial charge in [0.2, 0.25) is 0 Å². The summed E-state index contributed by atoms with van der Waals surface area (Å²) in [6.45, 7) is 5.69. The molecule has 0 atom stereocenters. The second kappa shape index (κ2) is 9.93. The number of rotatable bonds is 4. The van der Waals surface area contributed by atoms with Crippen molar-refractivity contribution in [3.63, 3.8) is 0 Å². The first-order valence-corrected chi connectivity index (χ1v) is 11.1. The molecule has 4 heteroatoms. The molecule has 1 fully saturated rings. The van der Waals surface area contributed by atoms with E-state index < -0.39 is 0 Å². The Hall–Kier alpha value is -2.33. The fourth-order valence-corrected chi connectivity index (χ4v) is 4.26. The van der Waals surface area contributed by atoms with Crippen molar-refractivity contribution in [3.05, 3.63) is 59.7 Å². The second-order valence-corrected chi connectivity index (χ2v) is 8.16. The Morgan fingerprint density at radius 2 is 1.48 bits per heavy atom. The number of nitrogens with zero attached hydrogens (tertiary/aromatic N) is 2. The summed E-state index contributed by atoms with van der Waals surface area (Å²) < 4.78 is 0. The average molecular weight is 393 g/mol. The van der Waals surface area contributed by atoms with Crippen LogP contribution in [0.15, 0.2) is 53.5 Å². The van der Waals surface area contributed by atoms with E-state index in [1.807, 2.05) is 13.8 Å². The largest absolute Gasteiger partial charge is 0.371 e. The van der Waals surface area contributed by atoms with Gasteiger partial charge in [-0.1, -0.05) is 69.5 Å². The van der Waals surface area contributed by atoms with Gasteiger partial charge in [0.15, 0.2) is 0 Å². The number of aliphatic imine (C=N–C) groups is 1. The first kappa shape index (κ1) is 21.4. The lowest BCUT2D eigenvalue weighted by atomic mass is 9.79. The Bertz CT molecular complexity index is 802. The zero-order valence-corrected chi connectivity index (χ0v) is 18.5.